The first-order chi connectivity index (χ1) is 12.8. The van der Waals surface area contributed by atoms with Crippen molar-refractivity contribution in [2.45, 2.75) is 43.1 Å². The maximum atomic E-state index is 13.3. The predicted octanol–water partition coefficient (Wildman–Crippen LogP) is 1.80. The van der Waals surface area contributed by atoms with Crippen LogP contribution >= 0.6 is 0 Å². The summed E-state index contributed by atoms with van der Waals surface area (Å²) < 4.78 is 51.7. The van der Waals surface area contributed by atoms with Crippen LogP contribution in [0.15, 0.2) is 18.2 Å². The number of aliphatic hydroxyl groups excluding tert-OH is 1. The van der Waals surface area contributed by atoms with Crippen molar-refractivity contribution in [3.8, 4) is 6.07 Å². The number of aliphatic hydroxyl groups is 1. The molecule has 142 valence electrons. The molecular formula is C18H15F3N2O4. The van der Waals surface area contributed by atoms with Crippen LogP contribution in [0.3, 0.4) is 0 Å². The molecule has 0 aliphatic carbocycles. The summed E-state index contributed by atoms with van der Waals surface area (Å²) in [6.07, 6.45) is -5.92. The zero-order valence-corrected chi connectivity index (χ0v) is 13.9. The largest absolute Gasteiger partial charge is 0.417 e. The number of benzene rings is 1. The predicted molar refractivity (Wildman–Crippen MR) is 83.2 cm³/mol. The quantitative estimate of drug-likeness (QED) is 0.804. The molecule has 0 radical (unpaired) electrons. The van der Waals surface area contributed by atoms with Crippen LogP contribution in [-0.4, -0.2) is 41.7 Å². The highest BCUT2D eigenvalue weighted by Crippen LogP contribution is 2.60. The SMILES string of the molecule is N#Cc1ccc(N2C(=O)[C@@H]3[C@@H]4O[C@@]5(CCO[C@H]2[C@H]35)C[C@H]4O)cc1C(F)(F)F. The molecule has 6 atom stereocenters. The summed E-state index contributed by atoms with van der Waals surface area (Å²) in [5, 5.41) is 19.2. The van der Waals surface area contributed by atoms with Gasteiger partial charge in [0, 0.05) is 24.4 Å². The van der Waals surface area contributed by atoms with Gasteiger partial charge in [-0.2, -0.15) is 18.4 Å². The number of rotatable bonds is 1. The van der Waals surface area contributed by atoms with Gasteiger partial charge in [-0.15, -0.1) is 0 Å². The van der Waals surface area contributed by atoms with E-state index in [2.05, 4.69) is 0 Å². The first-order valence-corrected chi connectivity index (χ1v) is 8.69. The molecule has 1 amide bonds. The summed E-state index contributed by atoms with van der Waals surface area (Å²) in [4.78, 5) is 14.3. The fourth-order valence-corrected chi connectivity index (χ4v) is 5.25. The van der Waals surface area contributed by atoms with Gasteiger partial charge in [0.1, 0.15) is 6.23 Å². The number of fused-ring (bicyclic) bond motifs is 2. The van der Waals surface area contributed by atoms with Crippen molar-refractivity contribution in [2.75, 3.05) is 11.5 Å². The van der Waals surface area contributed by atoms with Crippen LogP contribution in [0.4, 0.5) is 18.9 Å². The normalized spacial score (nSPS) is 39.6. The Kier molecular flexibility index (Phi) is 3.28. The summed E-state index contributed by atoms with van der Waals surface area (Å²) in [6.45, 7) is 0.291. The Morgan fingerprint density at radius 3 is 2.85 bits per heavy atom. The number of amides is 1. The van der Waals surface area contributed by atoms with Crippen LogP contribution < -0.4 is 4.90 Å². The third kappa shape index (κ3) is 2.09. The van der Waals surface area contributed by atoms with Crippen LogP contribution in [0.25, 0.3) is 0 Å². The van der Waals surface area contributed by atoms with E-state index in [9.17, 15) is 23.1 Å². The van der Waals surface area contributed by atoms with E-state index in [-0.39, 0.29) is 11.6 Å². The van der Waals surface area contributed by atoms with E-state index in [1.807, 2.05) is 0 Å². The lowest BCUT2D eigenvalue weighted by molar-refractivity contribution is -0.138. The van der Waals surface area contributed by atoms with Crippen molar-refractivity contribution in [3.05, 3.63) is 29.3 Å². The first-order valence-electron chi connectivity index (χ1n) is 8.69. The molecule has 1 N–H and O–H groups in total. The molecule has 4 heterocycles. The van der Waals surface area contributed by atoms with Crippen LogP contribution in [0, 0.1) is 23.2 Å². The minimum Gasteiger partial charge on any atom is -0.390 e. The molecule has 2 bridgehead atoms. The molecule has 4 saturated heterocycles. The van der Waals surface area contributed by atoms with Gasteiger partial charge in [0.25, 0.3) is 0 Å². The standard InChI is InChI=1S/C18H15F3N2O4/c19-18(20,21)10-5-9(2-1-8(10)7-22)23-15(25)12-13-16(23)26-4-3-17(13)6-11(24)14(12)27-17/h1-2,5,11-14,16,24H,3-4,6H2/t11-,12+,13+,14-,16+,17+/m1/s1. The Morgan fingerprint density at radius 1 is 1.37 bits per heavy atom. The van der Waals surface area contributed by atoms with Crippen molar-refractivity contribution in [1.82, 2.24) is 0 Å². The number of nitriles is 1. The minimum absolute atomic E-state index is 0.0386. The van der Waals surface area contributed by atoms with Gasteiger partial charge in [-0.25, -0.2) is 0 Å². The van der Waals surface area contributed by atoms with E-state index >= 15 is 0 Å². The van der Waals surface area contributed by atoms with E-state index < -0.39 is 53.2 Å². The Labute approximate surface area is 152 Å². The zero-order valence-electron chi connectivity index (χ0n) is 13.9. The highest BCUT2D eigenvalue weighted by molar-refractivity contribution is 5.99. The van der Waals surface area contributed by atoms with E-state index in [4.69, 9.17) is 14.7 Å². The Hall–Kier alpha value is -2.15. The fraction of sp³-hybridized carbons (Fsp3) is 0.556. The summed E-state index contributed by atoms with van der Waals surface area (Å²) >= 11 is 0. The molecule has 6 nitrogen and oxygen atoms in total. The van der Waals surface area contributed by atoms with Crippen molar-refractivity contribution in [1.29, 1.82) is 5.26 Å². The molecule has 1 aromatic rings. The third-order valence-electron chi connectivity index (χ3n) is 6.26. The Bertz CT molecular complexity index is 882. The van der Waals surface area contributed by atoms with Crippen molar-refractivity contribution in [2.24, 2.45) is 11.8 Å². The van der Waals surface area contributed by atoms with E-state index in [0.717, 1.165) is 12.1 Å². The minimum atomic E-state index is -4.72. The summed E-state index contributed by atoms with van der Waals surface area (Å²) in [5.41, 5.74) is -2.21. The Morgan fingerprint density at radius 2 is 2.15 bits per heavy atom. The molecule has 5 rings (SSSR count). The topological polar surface area (TPSA) is 82.8 Å². The molecule has 1 aromatic carbocycles. The number of ether oxygens (including phenoxy) is 2. The Balaban J connectivity index is 1.60. The lowest BCUT2D eigenvalue weighted by Crippen LogP contribution is -2.52. The van der Waals surface area contributed by atoms with Gasteiger partial charge in [-0.3, -0.25) is 9.69 Å². The molecule has 0 unspecified atom stereocenters. The van der Waals surface area contributed by atoms with Crippen molar-refractivity contribution < 1.29 is 32.5 Å². The van der Waals surface area contributed by atoms with Gasteiger partial charge in [-0.1, -0.05) is 0 Å². The van der Waals surface area contributed by atoms with Crippen LogP contribution in [0.2, 0.25) is 0 Å². The van der Waals surface area contributed by atoms with Gasteiger partial charge in [0.15, 0.2) is 0 Å². The van der Waals surface area contributed by atoms with Crippen molar-refractivity contribution in [3.63, 3.8) is 0 Å². The highest BCUT2D eigenvalue weighted by atomic mass is 19.4. The van der Waals surface area contributed by atoms with Gasteiger partial charge < -0.3 is 14.6 Å². The summed E-state index contributed by atoms with van der Waals surface area (Å²) in [7, 11) is 0. The number of halogens is 3. The molecule has 27 heavy (non-hydrogen) atoms. The summed E-state index contributed by atoms with van der Waals surface area (Å²) in [6, 6.07) is 4.75. The number of anilines is 1. The van der Waals surface area contributed by atoms with Crippen molar-refractivity contribution >= 4 is 11.6 Å². The van der Waals surface area contributed by atoms with Gasteiger partial charge in [-0.05, 0) is 18.2 Å². The number of hydrogen-bond donors (Lipinski definition) is 1. The number of hydrogen-bond acceptors (Lipinski definition) is 5. The number of nitrogens with zero attached hydrogens (tertiary/aromatic N) is 2. The van der Waals surface area contributed by atoms with E-state index in [1.54, 1.807) is 0 Å². The fourth-order valence-electron chi connectivity index (χ4n) is 5.25. The number of carbonyl (C=O) groups excluding carboxylic acids is 1. The second kappa shape index (κ2) is 5.22. The lowest BCUT2D eigenvalue weighted by Gasteiger charge is -2.42. The van der Waals surface area contributed by atoms with Gasteiger partial charge >= 0.3 is 6.18 Å². The van der Waals surface area contributed by atoms with Crippen LogP contribution in [0.1, 0.15) is 24.0 Å². The molecular weight excluding hydrogens is 365 g/mol. The highest BCUT2D eigenvalue weighted by Gasteiger charge is 2.73. The second-order valence-corrected chi connectivity index (χ2v) is 7.53. The van der Waals surface area contributed by atoms with E-state index in [0.29, 0.717) is 19.4 Å². The molecule has 1 spiro atoms. The zero-order chi connectivity index (χ0) is 19.1. The van der Waals surface area contributed by atoms with Crippen LogP contribution in [0.5, 0.6) is 0 Å². The van der Waals surface area contributed by atoms with Crippen LogP contribution in [-0.2, 0) is 20.4 Å². The molecule has 0 saturated carbocycles. The first kappa shape index (κ1) is 17.0. The van der Waals surface area contributed by atoms with E-state index in [1.165, 1.54) is 17.0 Å². The maximum Gasteiger partial charge on any atom is 0.417 e. The van der Waals surface area contributed by atoms with Gasteiger partial charge in [0.05, 0.1) is 47.5 Å². The molecule has 0 aromatic heterocycles. The maximum absolute atomic E-state index is 13.3. The van der Waals surface area contributed by atoms with Gasteiger partial charge in [0.2, 0.25) is 5.91 Å². The molecule has 4 fully saturated rings. The third-order valence-corrected chi connectivity index (χ3v) is 6.26. The monoisotopic (exact) mass is 380 g/mol. The average molecular weight is 380 g/mol. The summed E-state index contributed by atoms with van der Waals surface area (Å²) in [5.74, 6) is -1.36. The lowest BCUT2D eigenvalue weighted by atomic mass is 9.69. The number of carbonyl (C=O) groups is 1. The second-order valence-electron chi connectivity index (χ2n) is 7.53. The smallest absolute Gasteiger partial charge is 0.390 e. The average Bonchev–Trinajstić information content (AvgIpc) is 3.22. The number of alkyl halides is 3. The molecule has 9 heteroatoms. The molecule has 4 aliphatic rings. The molecule has 4 aliphatic heterocycles.